The molecular weight excluding hydrogens is 426 g/mol. The molecule has 3 rings (SSSR count). The molecule has 2 aromatic heterocycles. The third kappa shape index (κ3) is 7.11. The Morgan fingerprint density at radius 3 is 2.76 bits per heavy atom. The highest BCUT2D eigenvalue weighted by Crippen LogP contribution is 2.31. The second-order valence-corrected chi connectivity index (χ2v) is 7.00. The first-order valence-electron chi connectivity index (χ1n) is 10.6. The first-order chi connectivity index (χ1) is 16.1. The van der Waals surface area contributed by atoms with Crippen LogP contribution in [-0.2, 0) is 22.5 Å². The van der Waals surface area contributed by atoms with Crippen molar-refractivity contribution in [1.82, 2.24) is 25.5 Å². The van der Waals surface area contributed by atoms with Crippen LogP contribution < -0.4 is 20.3 Å². The monoisotopic (exact) mass is 453 g/mol. The number of aromatic nitrogens is 4. The average molecular weight is 453 g/mol. The van der Waals surface area contributed by atoms with Crippen LogP contribution in [0.1, 0.15) is 24.6 Å². The fraction of sp³-hybridized carbons (Fsp3) is 0.348. The van der Waals surface area contributed by atoms with Gasteiger partial charge in [-0.25, -0.2) is 0 Å². The summed E-state index contributed by atoms with van der Waals surface area (Å²) in [7, 11) is 1.53. The van der Waals surface area contributed by atoms with Crippen molar-refractivity contribution in [2.24, 2.45) is 0 Å². The molecule has 1 aromatic carbocycles. The Morgan fingerprint density at radius 2 is 2.03 bits per heavy atom. The molecular formula is C23H27N5O5. The lowest BCUT2D eigenvalue weighted by Gasteiger charge is -2.12. The van der Waals surface area contributed by atoms with E-state index in [1.807, 2.05) is 13.0 Å². The third-order valence-electron chi connectivity index (χ3n) is 4.69. The first kappa shape index (κ1) is 23.9. The number of methoxy groups -OCH3 is 1. The van der Waals surface area contributed by atoms with Crippen molar-refractivity contribution < 1.29 is 19.0 Å². The van der Waals surface area contributed by atoms with E-state index >= 15 is 0 Å². The summed E-state index contributed by atoms with van der Waals surface area (Å²) in [5.41, 5.74) is 1.32. The number of carbonyl (C=O) groups excluding carboxylic acids is 1. The van der Waals surface area contributed by atoms with E-state index in [1.54, 1.807) is 36.7 Å². The molecule has 0 fully saturated rings. The molecule has 0 spiro atoms. The van der Waals surface area contributed by atoms with Gasteiger partial charge < -0.3 is 24.5 Å². The van der Waals surface area contributed by atoms with E-state index in [9.17, 15) is 9.59 Å². The van der Waals surface area contributed by atoms with Crippen LogP contribution in [0.15, 0.2) is 47.5 Å². The number of H-pyrrole nitrogens is 1. The Bertz CT molecular complexity index is 1100. The summed E-state index contributed by atoms with van der Waals surface area (Å²) in [6.07, 6.45) is 3.66. The fourth-order valence-electron chi connectivity index (χ4n) is 2.97. The molecule has 33 heavy (non-hydrogen) atoms. The predicted octanol–water partition coefficient (Wildman–Crippen LogP) is 1.90. The van der Waals surface area contributed by atoms with E-state index < -0.39 is 5.56 Å². The predicted molar refractivity (Wildman–Crippen MR) is 121 cm³/mol. The molecule has 3 aromatic rings. The molecule has 0 aliphatic heterocycles. The number of nitrogens with one attached hydrogen (secondary N) is 2. The minimum absolute atomic E-state index is 0.124. The van der Waals surface area contributed by atoms with Gasteiger partial charge in [-0.2, -0.15) is 0 Å². The second-order valence-electron chi connectivity index (χ2n) is 7.00. The number of rotatable bonds is 12. The third-order valence-corrected chi connectivity index (χ3v) is 4.69. The second kappa shape index (κ2) is 12.3. The maximum absolute atomic E-state index is 12.5. The molecule has 0 unspecified atom stereocenters. The van der Waals surface area contributed by atoms with Crippen molar-refractivity contribution in [2.75, 3.05) is 26.9 Å². The van der Waals surface area contributed by atoms with Gasteiger partial charge >= 0.3 is 0 Å². The van der Waals surface area contributed by atoms with Crippen LogP contribution in [0.25, 0.3) is 11.4 Å². The Balaban J connectivity index is 1.59. The van der Waals surface area contributed by atoms with Gasteiger partial charge in [-0.1, -0.05) is 6.07 Å². The van der Waals surface area contributed by atoms with Gasteiger partial charge in [0.1, 0.15) is 12.3 Å². The van der Waals surface area contributed by atoms with Crippen LogP contribution >= 0.6 is 0 Å². The number of ether oxygens (including phenoxy) is 3. The fourth-order valence-corrected chi connectivity index (χ4v) is 2.97. The summed E-state index contributed by atoms with van der Waals surface area (Å²) >= 11 is 0. The molecule has 0 radical (unpaired) electrons. The summed E-state index contributed by atoms with van der Waals surface area (Å²) in [5.74, 6) is 1.17. The molecule has 2 N–H and O–H groups in total. The number of amides is 1. The van der Waals surface area contributed by atoms with Crippen LogP contribution in [0.5, 0.6) is 11.5 Å². The minimum atomic E-state index is -0.393. The number of hydrogen-bond acceptors (Lipinski definition) is 8. The molecule has 0 saturated heterocycles. The smallest absolute Gasteiger partial charge is 0.273 e. The van der Waals surface area contributed by atoms with Crippen molar-refractivity contribution in [3.8, 4) is 22.9 Å². The zero-order valence-electron chi connectivity index (χ0n) is 18.7. The van der Waals surface area contributed by atoms with E-state index in [0.29, 0.717) is 49.3 Å². The molecule has 10 nitrogen and oxygen atoms in total. The van der Waals surface area contributed by atoms with Crippen LogP contribution in [0, 0.1) is 0 Å². The van der Waals surface area contributed by atoms with E-state index in [-0.39, 0.29) is 24.4 Å². The molecule has 0 aliphatic rings. The Morgan fingerprint density at radius 1 is 1.15 bits per heavy atom. The molecule has 2 heterocycles. The highest BCUT2D eigenvalue weighted by molar-refractivity contribution is 5.76. The Hall–Kier alpha value is -3.79. The van der Waals surface area contributed by atoms with E-state index in [0.717, 1.165) is 5.56 Å². The standard InChI is InChI=1S/C23H27N5O5/c1-3-32-11-12-33-19-8-6-17(13-20(19)31-2)22-26-23(30)18(27-28-22)7-9-21(29)25-15-16-5-4-10-24-14-16/h4-6,8,10,13-14H,3,7,9,11-12,15H2,1-2H3,(H,25,29)(H,26,28,30). The number of pyridine rings is 1. The summed E-state index contributed by atoms with van der Waals surface area (Å²) in [4.78, 5) is 31.3. The highest BCUT2D eigenvalue weighted by Gasteiger charge is 2.12. The van der Waals surface area contributed by atoms with E-state index in [1.165, 1.54) is 7.11 Å². The number of nitrogens with zero attached hydrogens (tertiary/aromatic N) is 3. The van der Waals surface area contributed by atoms with Crippen LogP contribution in [0.3, 0.4) is 0 Å². The van der Waals surface area contributed by atoms with Crippen molar-refractivity contribution in [2.45, 2.75) is 26.3 Å². The number of hydrogen-bond donors (Lipinski definition) is 2. The summed E-state index contributed by atoms with van der Waals surface area (Å²) in [6.45, 7) is 3.79. The van der Waals surface area contributed by atoms with Crippen LogP contribution in [0.2, 0.25) is 0 Å². The molecule has 10 heteroatoms. The Kier molecular flexibility index (Phi) is 8.89. The van der Waals surface area contributed by atoms with Gasteiger partial charge in [0.2, 0.25) is 5.91 Å². The SMILES string of the molecule is CCOCCOc1ccc(-c2nnc(CCC(=O)NCc3cccnc3)c(=O)[nH]2)cc1OC. The zero-order chi connectivity index (χ0) is 23.5. The van der Waals surface area contributed by atoms with Gasteiger partial charge in [-0.3, -0.25) is 14.6 Å². The largest absolute Gasteiger partial charge is 0.493 e. The van der Waals surface area contributed by atoms with Crippen molar-refractivity contribution in [1.29, 1.82) is 0 Å². The first-order valence-corrected chi connectivity index (χ1v) is 10.6. The van der Waals surface area contributed by atoms with Crippen LogP contribution in [-0.4, -0.2) is 53.0 Å². The number of carbonyl (C=O) groups is 1. The number of aromatic amines is 1. The zero-order valence-corrected chi connectivity index (χ0v) is 18.7. The minimum Gasteiger partial charge on any atom is -0.493 e. The van der Waals surface area contributed by atoms with E-state index in [2.05, 4.69) is 25.5 Å². The summed E-state index contributed by atoms with van der Waals surface area (Å²) in [6, 6.07) is 8.87. The highest BCUT2D eigenvalue weighted by atomic mass is 16.5. The molecule has 174 valence electrons. The van der Waals surface area contributed by atoms with Crippen LogP contribution in [0.4, 0.5) is 0 Å². The van der Waals surface area contributed by atoms with Gasteiger partial charge in [0, 0.05) is 44.0 Å². The topological polar surface area (TPSA) is 128 Å². The number of benzene rings is 1. The normalized spacial score (nSPS) is 10.6. The lowest BCUT2D eigenvalue weighted by atomic mass is 10.2. The summed E-state index contributed by atoms with van der Waals surface area (Å²) in [5, 5.41) is 10.9. The van der Waals surface area contributed by atoms with E-state index in [4.69, 9.17) is 14.2 Å². The molecule has 0 saturated carbocycles. The quantitative estimate of drug-likeness (QED) is 0.398. The number of aryl methyl sites for hydroxylation is 1. The van der Waals surface area contributed by atoms with Gasteiger partial charge in [0.25, 0.3) is 5.56 Å². The van der Waals surface area contributed by atoms with Crippen molar-refractivity contribution >= 4 is 5.91 Å². The van der Waals surface area contributed by atoms with Crippen molar-refractivity contribution in [3.05, 3.63) is 64.3 Å². The molecule has 0 aliphatic carbocycles. The molecule has 1 amide bonds. The maximum Gasteiger partial charge on any atom is 0.273 e. The Labute approximate surface area is 191 Å². The van der Waals surface area contributed by atoms with Gasteiger partial charge in [0.15, 0.2) is 17.3 Å². The lowest BCUT2D eigenvalue weighted by Crippen LogP contribution is -2.25. The summed E-state index contributed by atoms with van der Waals surface area (Å²) < 4.78 is 16.3. The molecule has 0 atom stereocenters. The average Bonchev–Trinajstić information content (AvgIpc) is 2.85. The van der Waals surface area contributed by atoms with Gasteiger partial charge in [-0.05, 0) is 36.8 Å². The van der Waals surface area contributed by atoms with Crippen molar-refractivity contribution in [3.63, 3.8) is 0 Å². The van der Waals surface area contributed by atoms with Gasteiger partial charge in [-0.15, -0.1) is 10.2 Å². The maximum atomic E-state index is 12.5. The molecule has 0 bridgehead atoms. The lowest BCUT2D eigenvalue weighted by molar-refractivity contribution is -0.121. The van der Waals surface area contributed by atoms with Gasteiger partial charge in [0.05, 0.1) is 13.7 Å².